The molecule has 0 radical (unpaired) electrons. The normalized spacial score (nSPS) is 9.96. The molecule has 2 aromatic rings. The highest BCUT2D eigenvalue weighted by atomic mass is 16.5. The van der Waals surface area contributed by atoms with Gasteiger partial charge in [0.25, 0.3) is 5.91 Å². The van der Waals surface area contributed by atoms with Crippen LogP contribution in [0, 0.1) is 0 Å². The van der Waals surface area contributed by atoms with Crippen molar-refractivity contribution >= 4 is 11.8 Å². The van der Waals surface area contributed by atoms with Gasteiger partial charge in [-0.1, -0.05) is 36.4 Å². The lowest BCUT2D eigenvalue weighted by Crippen LogP contribution is -2.41. The molecule has 0 unspecified atom stereocenters. The molecule has 6 heteroatoms. The van der Waals surface area contributed by atoms with Gasteiger partial charge in [0.1, 0.15) is 18.1 Å². The van der Waals surface area contributed by atoms with E-state index in [0.717, 1.165) is 5.75 Å². The number of carbonyl (C=O) groups excluding carboxylic acids is 2. The predicted octanol–water partition coefficient (Wildman–Crippen LogP) is 1.72. The summed E-state index contributed by atoms with van der Waals surface area (Å²) in [6.45, 7) is 0.623. The SMILES string of the molecule is CN(CCOc1ccccc1)C(=O)CNC(=O)COc1ccccc1. The minimum Gasteiger partial charge on any atom is -0.492 e. The zero-order valence-corrected chi connectivity index (χ0v) is 14.2. The van der Waals surface area contributed by atoms with E-state index in [9.17, 15) is 9.59 Å². The van der Waals surface area contributed by atoms with Crippen molar-refractivity contribution in [2.24, 2.45) is 0 Å². The number of likely N-dealkylation sites (N-methyl/N-ethyl adjacent to an activating group) is 1. The molecule has 0 aromatic heterocycles. The fourth-order valence-corrected chi connectivity index (χ4v) is 1.97. The van der Waals surface area contributed by atoms with Crippen molar-refractivity contribution in [3.8, 4) is 11.5 Å². The molecular weight excluding hydrogens is 320 g/mol. The van der Waals surface area contributed by atoms with Crippen molar-refractivity contribution in [3.05, 3.63) is 60.7 Å². The van der Waals surface area contributed by atoms with Gasteiger partial charge in [-0.05, 0) is 24.3 Å². The highest BCUT2D eigenvalue weighted by molar-refractivity contribution is 5.85. The number of benzene rings is 2. The second-order valence-electron chi connectivity index (χ2n) is 5.36. The van der Waals surface area contributed by atoms with E-state index in [4.69, 9.17) is 9.47 Å². The van der Waals surface area contributed by atoms with Gasteiger partial charge >= 0.3 is 0 Å². The first-order valence-corrected chi connectivity index (χ1v) is 8.01. The molecule has 2 aromatic carbocycles. The maximum atomic E-state index is 12.0. The third-order valence-electron chi connectivity index (χ3n) is 3.41. The van der Waals surface area contributed by atoms with Crippen LogP contribution >= 0.6 is 0 Å². The highest BCUT2D eigenvalue weighted by Gasteiger charge is 2.11. The molecule has 2 amide bonds. The molecule has 0 atom stereocenters. The zero-order chi connectivity index (χ0) is 17.9. The maximum absolute atomic E-state index is 12.0. The molecule has 25 heavy (non-hydrogen) atoms. The Bertz CT molecular complexity index is 662. The summed E-state index contributed by atoms with van der Waals surface area (Å²) in [7, 11) is 1.67. The van der Waals surface area contributed by atoms with Gasteiger partial charge < -0.3 is 19.7 Å². The molecule has 132 valence electrons. The minimum atomic E-state index is -0.342. The van der Waals surface area contributed by atoms with Gasteiger partial charge in [0.2, 0.25) is 5.91 Å². The molecule has 0 bridgehead atoms. The van der Waals surface area contributed by atoms with Gasteiger partial charge in [-0.15, -0.1) is 0 Å². The van der Waals surface area contributed by atoms with Gasteiger partial charge in [-0.3, -0.25) is 9.59 Å². The molecule has 2 rings (SSSR count). The van der Waals surface area contributed by atoms with E-state index >= 15 is 0 Å². The Morgan fingerprint density at radius 1 is 0.920 bits per heavy atom. The minimum absolute atomic E-state index is 0.0706. The number of para-hydroxylation sites is 2. The molecule has 0 aliphatic carbocycles. The third-order valence-corrected chi connectivity index (χ3v) is 3.41. The van der Waals surface area contributed by atoms with Crippen LogP contribution in [0.25, 0.3) is 0 Å². The van der Waals surface area contributed by atoms with Crippen LogP contribution in [-0.2, 0) is 9.59 Å². The molecule has 0 saturated heterocycles. The number of nitrogens with one attached hydrogen (secondary N) is 1. The lowest BCUT2D eigenvalue weighted by molar-refractivity contribution is -0.132. The summed E-state index contributed by atoms with van der Waals surface area (Å²) in [5.41, 5.74) is 0. The van der Waals surface area contributed by atoms with E-state index in [2.05, 4.69) is 5.32 Å². The average Bonchev–Trinajstić information content (AvgIpc) is 2.66. The van der Waals surface area contributed by atoms with Crippen molar-refractivity contribution in [1.29, 1.82) is 0 Å². The van der Waals surface area contributed by atoms with Gasteiger partial charge in [0, 0.05) is 7.05 Å². The number of amides is 2. The first-order valence-electron chi connectivity index (χ1n) is 8.01. The van der Waals surface area contributed by atoms with Gasteiger partial charge in [0.15, 0.2) is 6.61 Å². The molecular formula is C19H22N2O4. The van der Waals surface area contributed by atoms with E-state index in [-0.39, 0.29) is 25.0 Å². The number of ether oxygens (including phenoxy) is 2. The summed E-state index contributed by atoms with van der Waals surface area (Å²) in [5.74, 6) is 0.838. The van der Waals surface area contributed by atoms with Crippen molar-refractivity contribution in [3.63, 3.8) is 0 Å². The molecule has 0 saturated carbocycles. The van der Waals surface area contributed by atoms with Crippen molar-refractivity contribution in [2.45, 2.75) is 0 Å². The van der Waals surface area contributed by atoms with Gasteiger partial charge in [0.05, 0.1) is 13.1 Å². The van der Waals surface area contributed by atoms with Crippen molar-refractivity contribution in [1.82, 2.24) is 10.2 Å². The van der Waals surface area contributed by atoms with E-state index < -0.39 is 0 Å². The Balaban J connectivity index is 1.61. The first kappa shape index (κ1) is 18.3. The smallest absolute Gasteiger partial charge is 0.258 e. The Morgan fingerprint density at radius 3 is 2.08 bits per heavy atom. The van der Waals surface area contributed by atoms with Crippen LogP contribution in [0.5, 0.6) is 11.5 Å². The second-order valence-corrected chi connectivity index (χ2v) is 5.36. The Labute approximate surface area is 147 Å². The summed E-state index contributed by atoms with van der Waals surface area (Å²) in [5, 5.41) is 2.55. The lowest BCUT2D eigenvalue weighted by atomic mass is 10.3. The van der Waals surface area contributed by atoms with Gasteiger partial charge in [-0.25, -0.2) is 0 Å². The molecule has 1 N–H and O–H groups in total. The molecule has 0 aliphatic rings. The number of hydrogen-bond donors (Lipinski definition) is 1. The van der Waals surface area contributed by atoms with Crippen LogP contribution in [0.4, 0.5) is 0 Å². The highest BCUT2D eigenvalue weighted by Crippen LogP contribution is 2.08. The molecule has 0 aliphatic heterocycles. The quantitative estimate of drug-likeness (QED) is 0.753. The molecule has 0 fully saturated rings. The largest absolute Gasteiger partial charge is 0.492 e. The first-order chi connectivity index (χ1) is 12.1. The van der Waals surface area contributed by atoms with Crippen LogP contribution in [0.2, 0.25) is 0 Å². The second kappa shape index (κ2) is 9.97. The number of hydrogen-bond acceptors (Lipinski definition) is 4. The van der Waals surface area contributed by atoms with Crippen LogP contribution in [0.1, 0.15) is 0 Å². The predicted molar refractivity (Wildman–Crippen MR) is 94.5 cm³/mol. The molecule has 0 heterocycles. The van der Waals surface area contributed by atoms with Gasteiger partial charge in [-0.2, -0.15) is 0 Å². The van der Waals surface area contributed by atoms with E-state index in [1.165, 1.54) is 4.90 Å². The molecule has 6 nitrogen and oxygen atoms in total. The fraction of sp³-hybridized carbons (Fsp3) is 0.263. The van der Waals surface area contributed by atoms with Crippen molar-refractivity contribution < 1.29 is 19.1 Å². The Hall–Kier alpha value is -3.02. The van der Waals surface area contributed by atoms with E-state index in [1.807, 2.05) is 48.5 Å². The average molecular weight is 342 g/mol. The summed E-state index contributed by atoms with van der Waals surface area (Å²) in [4.78, 5) is 25.2. The van der Waals surface area contributed by atoms with Crippen LogP contribution in [0.15, 0.2) is 60.7 Å². The third kappa shape index (κ3) is 6.95. The summed E-state index contributed by atoms with van der Waals surface area (Å²) in [6.07, 6.45) is 0. The fourth-order valence-electron chi connectivity index (χ4n) is 1.97. The van der Waals surface area contributed by atoms with E-state index in [0.29, 0.717) is 18.9 Å². The van der Waals surface area contributed by atoms with E-state index in [1.54, 1.807) is 19.2 Å². The summed E-state index contributed by atoms with van der Waals surface area (Å²) >= 11 is 0. The summed E-state index contributed by atoms with van der Waals surface area (Å²) in [6, 6.07) is 18.4. The van der Waals surface area contributed by atoms with Crippen LogP contribution in [-0.4, -0.2) is 50.1 Å². The van der Waals surface area contributed by atoms with Crippen LogP contribution in [0.3, 0.4) is 0 Å². The number of carbonyl (C=O) groups is 2. The number of nitrogens with zero attached hydrogens (tertiary/aromatic N) is 1. The summed E-state index contributed by atoms with van der Waals surface area (Å²) < 4.78 is 10.9. The topological polar surface area (TPSA) is 67.9 Å². The zero-order valence-electron chi connectivity index (χ0n) is 14.2. The Morgan fingerprint density at radius 2 is 1.48 bits per heavy atom. The van der Waals surface area contributed by atoms with Crippen LogP contribution < -0.4 is 14.8 Å². The maximum Gasteiger partial charge on any atom is 0.258 e. The Kier molecular flexibility index (Phi) is 7.31. The molecule has 0 spiro atoms. The van der Waals surface area contributed by atoms with Crippen molar-refractivity contribution in [2.75, 3.05) is 33.4 Å². The number of rotatable bonds is 9. The standard InChI is InChI=1S/C19H22N2O4/c1-21(12-13-24-16-8-4-2-5-9-16)19(23)14-20-18(22)15-25-17-10-6-3-7-11-17/h2-11H,12-15H2,1H3,(H,20,22). The lowest BCUT2D eigenvalue weighted by Gasteiger charge is -2.18. The monoisotopic (exact) mass is 342 g/mol.